The molecule has 3 aromatic carbocycles. The van der Waals surface area contributed by atoms with Crippen LogP contribution in [0.3, 0.4) is 0 Å². The summed E-state index contributed by atoms with van der Waals surface area (Å²) in [5.41, 5.74) is 5.11. The first kappa shape index (κ1) is 26.3. The number of hydrogen-bond donors (Lipinski definition) is 2. The van der Waals surface area contributed by atoms with Crippen LogP contribution in [0.1, 0.15) is 44.4 Å². The van der Waals surface area contributed by atoms with Gasteiger partial charge in [0, 0.05) is 23.6 Å². The predicted molar refractivity (Wildman–Crippen MR) is 152 cm³/mol. The summed E-state index contributed by atoms with van der Waals surface area (Å²) >= 11 is 0. The number of likely N-dealkylation sites (N-methyl/N-ethyl adjacent to an activating group) is 1. The summed E-state index contributed by atoms with van der Waals surface area (Å²) in [5.74, 6) is 1.34. The van der Waals surface area contributed by atoms with Gasteiger partial charge in [0.2, 0.25) is 0 Å². The number of aliphatic imine (C=N–C) groups is 1. The van der Waals surface area contributed by atoms with Gasteiger partial charge in [0.25, 0.3) is 0 Å². The van der Waals surface area contributed by atoms with Crippen LogP contribution in [0.5, 0.6) is 17.4 Å². The second-order valence-electron chi connectivity index (χ2n) is 8.83. The molecule has 1 heterocycles. The van der Waals surface area contributed by atoms with E-state index in [4.69, 9.17) is 14.5 Å². The Hall–Kier alpha value is -3.77. The van der Waals surface area contributed by atoms with Crippen LogP contribution in [0.4, 0.5) is 5.69 Å². The predicted octanol–water partition coefficient (Wildman–Crippen LogP) is 6.72. The Labute approximate surface area is 219 Å². The van der Waals surface area contributed by atoms with E-state index < -0.39 is 0 Å². The van der Waals surface area contributed by atoms with E-state index in [-0.39, 0.29) is 5.88 Å². The number of nitrogens with zero attached hydrogens (tertiary/aromatic N) is 2. The van der Waals surface area contributed by atoms with Crippen molar-refractivity contribution in [3.8, 4) is 17.4 Å². The van der Waals surface area contributed by atoms with E-state index in [1.165, 1.54) is 5.56 Å². The molecule has 6 heteroatoms. The van der Waals surface area contributed by atoms with Crippen molar-refractivity contribution in [3.63, 3.8) is 0 Å². The SMILES string of the molecule is CCOc1cc2[nH]c(O)c(C(=Nc3ccc(CCN(CC)CC)cc3)c3ccccc3)c2cc1OCC. The lowest BCUT2D eigenvalue weighted by Gasteiger charge is -2.17. The molecule has 194 valence electrons. The van der Waals surface area contributed by atoms with Gasteiger partial charge in [-0.05, 0) is 57.1 Å². The third-order valence-corrected chi connectivity index (χ3v) is 6.52. The lowest BCUT2D eigenvalue weighted by molar-refractivity contribution is 0.288. The number of aromatic hydroxyl groups is 1. The van der Waals surface area contributed by atoms with Gasteiger partial charge >= 0.3 is 0 Å². The fourth-order valence-corrected chi connectivity index (χ4v) is 4.52. The monoisotopic (exact) mass is 499 g/mol. The first-order chi connectivity index (χ1) is 18.1. The van der Waals surface area contributed by atoms with Crippen LogP contribution in [0.2, 0.25) is 0 Å². The number of aromatic nitrogens is 1. The molecule has 0 saturated carbocycles. The zero-order chi connectivity index (χ0) is 26.2. The van der Waals surface area contributed by atoms with Crippen molar-refractivity contribution in [3.05, 3.63) is 83.4 Å². The van der Waals surface area contributed by atoms with Gasteiger partial charge in [-0.2, -0.15) is 0 Å². The number of H-pyrrole nitrogens is 1. The highest BCUT2D eigenvalue weighted by Gasteiger charge is 2.21. The Morgan fingerprint density at radius 2 is 1.51 bits per heavy atom. The lowest BCUT2D eigenvalue weighted by Crippen LogP contribution is -2.25. The van der Waals surface area contributed by atoms with Gasteiger partial charge in [0.05, 0.1) is 35.7 Å². The molecule has 0 aliphatic carbocycles. The third kappa shape index (κ3) is 6.15. The number of aromatic amines is 1. The average Bonchev–Trinajstić information content (AvgIpc) is 3.24. The van der Waals surface area contributed by atoms with Gasteiger partial charge in [0.1, 0.15) is 0 Å². The Balaban J connectivity index is 1.78. The minimum atomic E-state index is 0.0598. The molecule has 0 unspecified atom stereocenters. The molecule has 0 fully saturated rings. The molecule has 0 aliphatic rings. The molecule has 37 heavy (non-hydrogen) atoms. The summed E-state index contributed by atoms with van der Waals surface area (Å²) in [6, 6.07) is 22.1. The topological polar surface area (TPSA) is 70.1 Å². The molecule has 0 amide bonds. The van der Waals surface area contributed by atoms with Crippen LogP contribution in [-0.4, -0.2) is 53.6 Å². The van der Waals surface area contributed by atoms with E-state index in [1.54, 1.807) is 0 Å². The standard InChI is InChI=1S/C31H37N3O3/c1-5-34(6-2)19-18-22-14-16-24(17-15-22)32-30(23-12-10-9-11-13-23)29-25-20-27(36-7-3)28(37-8-4)21-26(25)33-31(29)35/h9-17,20-21,33,35H,5-8,18-19H2,1-4H3. The largest absolute Gasteiger partial charge is 0.494 e. The molecule has 2 N–H and O–H groups in total. The number of benzene rings is 3. The van der Waals surface area contributed by atoms with E-state index in [9.17, 15) is 5.11 Å². The van der Waals surface area contributed by atoms with Crippen molar-refractivity contribution < 1.29 is 14.6 Å². The number of ether oxygens (including phenoxy) is 2. The van der Waals surface area contributed by atoms with Crippen molar-refractivity contribution >= 4 is 22.3 Å². The molecule has 6 nitrogen and oxygen atoms in total. The van der Waals surface area contributed by atoms with Gasteiger partial charge in [-0.15, -0.1) is 0 Å². The van der Waals surface area contributed by atoms with E-state index in [0.29, 0.717) is 36.0 Å². The molecular formula is C31H37N3O3. The molecule has 1 aromatic heterocycles. The van der Waals surface area contributed by atoms with Crippen LogP contribution < -0.4 is 9.47 Å². The van der Waals surface area contributed by atoms with Gasteiger partial charge < -0.3 is 24.5 Å². The van der Waals surface area contributed by atoms with Gasteiger partial charge in [-0.1, -0.05) is 56.3 Å². The Kier molecular flexibility index (Phi) is 8.86. The van der Waals surface area contributed by atoms with Crippen molar-refractivity contribution in [1.29, 1.82) is 0 Å². The molecule has 0 radical (unpaired) electrons. The molecule has 4 rings (SSSR count). The van der Waals surface area contributed by atoms with Crippen molar-refractivity contribution in [2.24, 2.45) is 4.99 Å². The molecule has 0 saturated heterocycles. The molecule has 0 atom stereocenters. The highest BCUT2D eigenvalue weighted by molar-refractivity contribution is 6.22. The highest BCUT2D eigenvalue weighted by Crippen LogP contribution is 2.38. The van der Waals surface area contributed by atoms with Gasteiger partial charge in [-0.3, -0.25) is 0 Å². The zero-order valence-corrected chi connectivity index (χ0v) is 22.3. The molecule has 0 spiro atoms. The van der Waals surface area contributed by atoms with Crippen molar-refractivity contribution in [1.82, 2.24) is 9.88 Å². The molecule has 0 aliphatic heterocycles. The Bertz CT molecular complexity index is 1320. The van der Waals surface area contributed by atoms with E-state index in [1.807, 2.05) is 68.4 Å². The molecule has 4 aromatic rings. The first-order valence-corrected chi connectivity index (χ1v) is 13.2. The quantitative estimate of drug-likeness (QED) is 0.212. The van der Waals surface area contributed by atoms with E-state index in [2.05, 4.69) is 35.9 Å². The smallest absolute Gasteiger partial charge is 0.199 e. The van der Waals surface area contributed by atoms with Crippen molar-refractivity contribution in [2.45, 2.75) is 34.1 Å². The number of nitrogens with one attached hydrogen (secondary N) is 1. The van der Waals surface area contributed by atoms with E-state index >= 15 is 0 Å². The number of rotatable bonds is 12. The molecule has 0 bridgehead atoms. The zero-order valence-electron chi connectivity index (χ0n) is 22.3. The van der Waals surface area contributed by atoms with E-state index in [0.717, 1.165) is 48.2 Å². The maximum Gasteiger partial charge on any atom is 0.199 e. The first-order valence-electron chi connectivity index (χ1n) is 13.2. The lowest BCUT2D eigenvalue weighted by atomic mass is 10.0. The summed E-state index contributed by atoms with van der Waals surface area (Å²) in [7, 11) is 0. The van der Waals surface area contributed by atoms with Crippen LogP contribution in [0.25, 0.3) is 10.9 Å². The normalized spacial score (nSPS) is 11.9. The molecular weight excluding hydrogens is 462 g/mol. The third-order valence-electron chi connectivity index (χ3n) is 6.52. The van der Waals surface area contributed by atoms with Gasteiger partial charge in [-0.25, -0.2) is 4.99 Å². The summed E-state index contributed by atoms with van der Waals surface area (Å²) in [5, 5.41) is 11.9. The summed E-state index contributed by atoms with van der Waals surface area (Å²) in [4.78, 5) is 10.6. The number of fused-ring (bicyclic) bond motifs is 1. The fourth-order valence-electron chi connectivity index (χ4n) is 4.52. The van der Waals surface area contributed by atoms with Crippen LogP contribution >= 0.6 is 0 Å². The maximum absolute atomic E-state index is 11.1. The number of hydrogen-bond acceptors (Lipinski definition) is 5. The van der Waals surface area contributed by atoms with Gasteiger partial charge in [0.15, 0.2) is 17.4 Å². The second-order valence-corrected chi connectivity index (χ2v) is 8.83. The van der Waals surface area contributed by atoms with Crippen LogP contribution in [0, 0.1) is 0 Å². The second kappa shape index (κ2) is 12.5. The maximum atomic E-state index is 11.1. The van der Waals surface area contributed by atoms with Crippen molar-refractivity contribution in [2.75, 3.05) is 32.8 Å². The Morgan fingerprint density at radius 1 is 0.865 bits per heavy atom. The van der Waals surface area contributed by atoms with Crippen LogP contribution in [-0.2, 0) is 6.42 Å². The minimum absolute atomic E-state index is 0.0598. The Morgan fingerprint density at radius 3 is 2.14 bits per heavy atom. The fraction of sp³-hybridized carbons (Fsp3) is 0.323. The summed E-state index contributed by atoms with van der Waals surface area (Å²) < 4.78 is 11.7. The minimum Gasteiger partial charge on any atom is -0.494 e. The van der Waals surface area contributed by atoms with Crippen LogP contribution in [0.15, 0.2) is 71.7 Å². The summed E-state index contributed by atoms with van der Waals surface area (Å²) in [6.07, 6.45) is 1.00. The average molecular weight is 500 g/mol. The highest BCUT2D eigenvalue weighted by atomic mass is 16.5. The summed E-state index contributed by atoms with van der Waals surface area (Å²) in [6.45, 7) is 12.5.